The lowest BCUT2D eigenvalue weighted by Gasteiger charge is -2.44. The molecule has 1 aliphatic carbocycles. The first-order valence-corrected chi connectivity index (χ1v) is 11.8. The van der Waals surface area contributed by atoms with Gasteiger partial charge in [-0.25, -0.2) is 4.79 Å². The number of urea groups is 1. The molecule has 2 amide bonds. The Morgan fingerprint density at radius 1 is 1.16 bits per heavy atom. The molecule has 2 aromatic rings. The van der Waals surface area contributed by atoms with Crippen LogP contribution in [0, 0.1) is 11.3 Å². The first-order valence-electron chi connectivity index (χ1n) is 11.8. The molecule has 0 saturated heterocycles. The summed E-state index contributed by atoms with van der Waals surface area (Å²) >= 11 is 0. The predicted octanol–water partition coefficient (Wildman–Crippen LogP) is 4.91. The number of benzene rings is 2. The number of allylic oxidation sites excluding steroid dienone is 1. The number of rotatable bonds is 7. The molecule has 2 aromatic carbocycles. The monoisotopic (exact) mass is 511 g/mol. The average molecular weight is 512 g/mol. The zero-order valence-electron chi connectivity index (χ0n) is 20.0. The quantitative estimate of drug-likeness (QED) is 0.569. The highest BCUT2D eigenvalue weighted by Gasteiger charge is 2.48. The number of anilines is 1. The van der Waals surface area contributed by atoms with Gasteiger partial charge in [0.1, 0.15) is 0 Å². The molecule has 7 nitrogen and oxygen atoms in total. The van der Waals surface area contributed by atoms with Crippen molar-refractivity contribution in [3.63, 3.8) is 0 Å². The number of hydrogen-bond donors (Lipinski definition) is 1. The van der Waals surface area contributed by atoms with E-state index in [4.69, 9.17) is 5.11 Å². The molecule has 4 rings (SSSR count). The van der Waals surface area contributed by atoms with E-state index < -0.39 is 29.9 Å². The van der Waals surface area contributed by atoms with Gasteiger partial charge in [-0.1, -0.05) is 18.2 Å². The molecular formula is C27H24F3N3O4. The molecule has 2 unspecified atom stereocenters. The molecule has 1 N–H and O–H groups in total. The van der Waals surface area contributed by atoms with Gasteiger partial charge in [-0.15, -0.1) is 0 Å². The molecule has 192 valence electrons. The summed E-state index contributed by atoms with van der Waals surface area (Å²) in [6.07, 6.45) is -4.26. The molecule has 1 heterocycles. The van der Waals surface area contributed by atoms with Gasteiger partial charge in [-0.3, -0.25) is 14.5 Å². The standard InChI is InChI=1S/C27H24F3N3O4/c1-16(22(35)6-3-13-34)32-25(18-9-7-17(15-31)8-10-18)24-21(11-12-23(24)36)33(26(32)37)20-5-2-4-19(14-20)27(28,29)30/h2,4-5,7-10,14,16,25,34H,3,6,11-13H2,1H3. The summed E-state index contributed by atoms with van der Waals surface area (Å²) in [7, 11) is 0. The molecule has 2 aliphatic rings. The zero-order valence-corrected chi connectivity index (χ0v) is 20.0. The Hall–Kier alpha value is -3.97. The number of hydrogen-bond acceptors (Lipinski definition) is 5. The van der Waals surface area contributed by atoms with E-state index in [1.165, 1.54) is 36.1 Å². The molecule has 10 heteroatoms. The zero-order chi connectivity index (χ0) is 26.9. The molecule has 0 bridgehead atoms. The van der Waals surface area contributed by atoms with Crippen LogP contribution in [0.4, 0.5) is 23.7 Å². The number of nitrogens with zero attached hydrogens (tertiary/aromatic N) is 3. The molecule has 0 saturated carbocycles. The maximum absolute atomic E-state index is 14.0. The number of aliphatic hydroxyl groups excluding tert-OH is 1. The molecule has 1 aliphatic heterocycles. The van der Waals surface area contributed by atoms with Crippen molar-refractivity contribution in [1.29, 1.82) is 5.26 Å². The second kappa shape index (κ2) is 10.2. The number of carbonyl (C=O) groups excluding carboxylic acids is 3. The Morgan fingerprint density at radius 2 is 1.86 bits per heavy atom. The van der Waals surface area contributed by atoms with Gasteiger partial charge in [0.15, 0.2) is 11.6 Å². The molecule has 2 atom stereocenters. The van der Waals surface area contributed by atoms with Crippen molar-refractivity contribution < 1.29 is 32.7 Å². The minimum atomic E-state index is -4.64. The summed E-state index contributed by atoms with van der Waals surface area (Å²) < 4.78 is 40.4. The number of Topliss-reactive ketones (excluding diaryl/α,β-unsaturated/α-hetero) is 2. The van der Waals surface area contributed by atoms with Gasteiger partial charge in [0.25, 0.3) is 0 Å². The number of carbonyl (C=O) groups is 3. The first-order chi connectivity index (χ1) is 17.6. The van der Waals surface area contributed by atoms with Crippen LogP contribution < -0.4 is 4.90 Å². The summed E-state index contributed by atoms with van der Waals surface area (Å²) in [4.78, 5) is 42.5. The van der Waals surface area contributed by atoms with Crippen molar-refractivity contribution in [2.75, 3.05) is 11.5 Å². The Balaban J connectivity index is 1.91. The van der Waals surface area contributed by atoms with Crippen LogP contribution in [0.3, 0.4) is 0 Å². The normalized spacial score (nSPS) is 18.6. The van der Waals surface area contributed by atoms with Crippen molar-refractivity contribution >= 4 is 23.3 Å². The fourth-order valence-electron chi connectivity index (χ4n) is 4.85. The Labute approximate surface area is 211 Å². The van der Waals surface area contributed by atoms with Crippen LogP contribution in [-0.4, -0.2) is 40.3 Å². The van der Waals surface area contributed by atoms with Gasteiger partial charge in [-0.2, -0.15) is 18.4 Å². The minimum Gasteiger partial charge on any atom is -0.396 e. The SMILES string of the molecule is CC(C(=O)CCCO)N1C(=O)N(c2cccc(C(F)(F)F)c2)C2=C(C(=O)CC2)C1c1ccc(C#N)cc1. The molecule has 0 spiro atoms. The maximum Gasteiger partial charge on any atom is 0.416 e. The molecule has 0 aromatic heterocycles. The summed E-state index contributed by atoms with van der Waals surface area (Å²) in [5, 5.41) is 18.3. The minimum absolute atomic E-state index is 0.0229. The second-order valence-corrected chi connectivity index (χ2v) is 8.96. The third-order valence-electron chi connectivity index (χ3n) is 6.69. The average Bonchev–Trinajstić information content (AvgIpc) is 3.26. The van der Waals surface area contributed by atoms with Crippen molar-refractivity contribution in [3.05, 3.63) is 76.5 Å². The summed E-state index contributed by atoms with van der Waals surface area (Å²) in [6, 6.07) is 9.84. The van der Waals surface area contributed by atoms with Crippen LogP contribution in [0.2, 0.25) is 0 Å². The number of ketones is 2. The summed E-state index contributed by atoms with van der Waals surface area (Å²) in [6.45, 7) is 1.28. The van der Waals surface area contributed by atoms with Crippen LogP contribution in [0.5, 0.6) is 0 Å². The molecule has 0 radical (unpaired) electrons. The van der Waals surface area contributed by atoms with Crippen LogP contribution in [-0.2, 0) is 15.8 Å². The van der Waals surface area contributed by atoms with Crippen LogP contribution in [0.1, 0.15) is 55.3 Å². The topological polar surface area (TPSA) is 102 Å². The number of alkyl halides is 3. The van der Waals surface area contributed by atoms with Gasteiger partial charge in [0.05, 0.1) is 35.0 Å². The summed E-state index contributed by atoms with van der Waals surface area (Å²) in [5.74, 6) is -0.631. The number of halogens is 3. The van der Waals surface area contributed by atoms with Gasteiger partial charge < -0.3 is 10.0 Å². The van der Waals surface area contributed by atoms with Crippen LogP contribution in [0.25, 0.3) is 0 Å². The van der Waals surface area contributed by atoms with E-state index in [9.17, 15) is 32.8 Å². The highest BCUT2D eigenvalue weighted by Crippen LogP contribution is 2.46. The number of amides is 2. The van der Waals surface area contributed by atoms with Crippen molar-refractivity contribution in [1.82, 2.24) is 4.90 Å². The molecular weight excluding hydrogens is 487 g/mol. The number of nitriles is 1. The Bertz CT molecular complexity index is 1310. The van der Waals surface area contributed by atoms with E-state index >= 15 is 0 Å². The fraction of sp³-hybridized carbons (Fsp3) is 0.333. The fourth-order valence-corrected chi connectivity index (χ4v) is 4.85. The van der Waals surface area contributed by atoms with Gasteiger partial charge >= 0.3 is 12.2 Å². The van der Waals surface area contributed by atoms with Gasteiger partial charge in [0, 0.05) is 30.7 Å². The third kappa shape index (κ3) is 4.87. The largest absolute Gasteiger partial charge is 0.416 e. The molecule has 0 fully saturated rings. The van der Waals surface area contributed by atoms with Crippen LogP contribution in [0.15, 0.2) is 59.8 Å². The molecule has 37 heavy (non-hydrogen) atoms. The lowest BCUT2D eigenvalue weighted by molar-refractivity contribution is -0.137. The second-order valence-electron chi connectivity index (χ2n) is 8.96. The smallest absolute Gasteiger partial charge is 0.396 e. The maximum atomic E-state index is 14.0. The highest BCUT2D eigenvalue weighted by atomic mass is 19.4. The highest BCUT2D eigenvalue weighted by molar-refractivity contribution is 6.09. The predicted molar refractivity (Wildman–Crippen MR) is 127 cm³/mol. The van der Waals surface area contributed by atoms with E-state index in [0.717, 1.165) is 17.0 Å². The van der Waals surface area contributed by atoms with Crippen molar-refractivity contribution in [2.45, 2.75) is 50.9 Å². The lowest BCUT2D eigenvalue weighted by atomic mass is 9.90. The van der Waals surface area contributed by atoms with E-state index in [1.54, 1.807) is 12.1 Å². The number of aliphatic hydroxyl groups is 1. The van der Waals surface area contributed by atoms with E-state index in [-0.39, 0.29) is 55.1 Å². The van der Waals surface area contributed by atoms with Crippen molar-refractivity contribution in [3.8, 4) is 6.07 Å². The Morgan fingerprint density at radius 3 is 2.49 bits per heavy atom. The third-order valence-corrected chi connectivity index (χ3v) is 6.69. The lowest BCUT2D eigenvalue weighted by Crippen LogP contribution is -2.55. The van der Waals surface area contributed by atoms with Gasteiger partial charge in [0.2, 0.25) is 0 Å². The van der Waals surface area contributed by atoms with E-state index in [0.29, 0.717) is 16.8 Å². The van der Waals surface area contributed by atoms with Gasteiger partial charge in [-0.05, 0) is 55.7 Å². The van der Waals surface area contributed by atoms with Crippen molar-refractivity contribution in [2.24, 2.45) is 0 Å². The Kier molecular flexibility index (Phi) is 7.18. The van der Waals surface area contributed by atoms with E-state index in [1.807, 2.05) is 6.07 Å². The van der Waals surface area contributed by atoms with Crippen LogP contribution >= 0.6 is 0 Å². The summed E-state index contributed by atoms with van der Waals surface area (Å²) in [5.41, 5.74) is 0.401. The van der Waals surface area contributed by atoms with E-state index in [2.05, 4.69) is 0 Å². The first kappa shape index (κ1) is 26.1.